The molecule has 0 atom stereocenters. The van der Waals surface area contributed by atoms with Gasteiger partial charge in [-0.1, -0.05) is 30.3 Å². The van der Waals surface area contributed by atoms with Gasteiger partial charge < -0.3 is 24.3 Å². The molecule has 3 aromatic rings. The van der Waals surface area contributed by atoms with Crippen LogP contribution in [0.2, 0.25) is 0 Å². The lowest BCUT2D eigenvalue weighted by Crippen LogP contribution is -2.44. The topological polar surface area (TPSA) is 75.0 Å². The van der Waals surface area contributed by atoms with Gasteiger partial charge in [-0.2, -0.15) is 0 Å². The van der Waals surface area contributed by atoms with Gasteiger partial charge in [0.2, 0.25) is 5.91 Å². The summed E-state index contributed by atoms with van der Waals surface area (Å²) in [5.41, 5.74) is 3.41. The van der Waals surface area contributed by atoms with Crippen molar-refractivity contribution in [3.05, 3.63) is 88.6 Å². The molecule has 1 N–H and O–H groups in total. The summed E-state index contributed by atoms with van der Waals surface area (Å²) in [6.45, 7) is 9.42. The number of rotatable bonds is 12. The zero-order chi connectivity index (χ0) is 26.8. The molecule has 1 aromatic heterocycles. The molecule has 7 nitrogen and oxygen atoms in total. The molecule has 3 amide bonds. The standard InChI is InChI=1S/C29H36FN3O4/c1-5-36-17-7-16-32(29(35)31-28-21(2)8-6-9-22(28)3)20-27(34)33(19-26-15-10-23(4)37-26)18-24-11-13-25(30)14-12-24/h6,8-15H,5,7,16-20H2,1-4H3,(H,31,35). The maximum absolute atomic E-state index is 13.6. The van der Waals surface area contributed by atoms with E-state index in [4.69, 9.17) is 9.15 Å². The Hall–Kier alpha value is -3.65. The minimum Gasteiger partial charge on any atom is -0.464 e. The molecular weight excluding hydrogens is 473 g/mol. The fraction of sp³-hybridized carbons (Fsp3) is 0.379. The average molecular weight is 510 g/mol. The van der Waals surface area contributed by atoms with E-state index >= 15 is 0 Å². The van der Waals surface area contributed by atoms with E-state index in [1.54, 1.807) is 17.0 Å². The number of ether oxygens (including phenoxy) is 1. The quantitative estimate of drug-likeness (QED) is 0.312. The molecule has 8 heteroatoms. The molecule has 0 aliphatic carbocycles. The molecule has 0 bridgehead atoms. The van der Waals surface area contributed by atoms with Crippen molar-refractivity contribution in [1.82, 2.24) is 9.80 Å². The zero-order valence-corrected chi connectivity index (χ0v) is 22.1. The Kier molecular flexibility index (Phi) is 10.3. The van der Waals surface area contributed by atoms with Gasteiger partial charge in [0, 0.05) is 32.0 Å². The van der Waals surface area contributed by atoms with Crippen LogP contribution >= 0.6 is 0 Å². The SMILES string of the molecule is CCOCCCN(CC(=O)N(Cc1ccc(F)cc1)Cc1ccc(C)o1)C(=O)Nc1c(C)cccc1C. The molecule has 0 aliphatic heterocycles. The van der Waals surface area contributed by atoms with Crippen LogP contribution < -0.4 is 5.32 Å². The Morgan fingerprint density at radius 3 is 2.27 bits per heavy atom. The van der Waals surface area contributed by atoms with Gasteiger partial charge in [0.1, 0.15) is 23.9 Å². The molecule has 0 fully saturated rings. The minimum absolute atomic E-state index is 0.121. The Morgan fingerprint density at radius 2 is 1.65 bits per heavy atom. The fourth-order valence-electron chi connectivity index (χ4n) is 4.02. The van der Waals surface area contributed by atoms with Gasteiger partial charge in [-0.05, 0) is 75.1 Å². The highest BCUT2D eigenvalue weighted by atomic mass is 19.1. The first-order valence-electron chi connectivity index (χ1n) is 12.5. The van der Waals surface area contributed by atoms with Crippen molar-refractivity contribution in [3.63, 3.8) is 0 Å². The van der Waals surface area contributed by atoms with Crippen molar-refractivity contribution in [2.75, 3.05) is 31.6 Å². The number of hydrogen-bond acceptors (Lipinski definition) is 4. The third-order valence-electron chi connectivity index (χ3n) is 6.03. The van der Waals surface area contributed by atoms with Gasteiger partial charge in [-0.3, -0.25) is 4.79 Å². The molecule has 0 unspecified atom stereocenters. The number of halogens is 1. The predicted octanol–water partition coefficient (Wildman–Crippen LogP) is 5.83. The third kappa shape index (κ3) is 8.46. The number of para-hydroxylation sites is 1. The zero-order valence-electron chi connectivity index (χ0n) is 22.1. The van der Waals surface area contributed by atoms with Crippen LogP contribution in [0.25, 0.3) is 0 Å². The first-order chi connectivity index (χ1) is 17.8. The van der Waals surface area contributed by atoms with E-state index in [1.807, 2.05) is 58.0 Å². The minimum atomic E-state index is -0.349. The van der Waals surface area contributed by atoms with Crippen molar-refractivity contribution in [3.8, 4) is 0 Å². The van der Waals surface area contributed by atoms with Gasteiger partial charge >= 0.3 is 6.03 Å². The highest BCUT2D eigenvalue weighted by molar-refractivity contribution is 5.93. The lowest BCUT2D eigenvalue weighted by molar-refractivity contribution is -0.133. The number of amides is 3. The second-order valence-electron chi connectivity index (χ2n) is 9.06. The Bertz CT molecular complexity index is 1160. The molecule has 2 aromatic carbocycles. The average Bonchev–Trinajstić information content (AvgIpc) is 3.28. The Morgan fingerprint density at radius 1 is 0.946 bits per heavy atom. The highest BCUT2D eigenvalue weighted by Gasteiger charge is 2.23. The number of nitrogens with zero attached hydrogens (tertiary/aromatic N) is 2. The van der Waals surface area contributed by atoms with Crippen molar-refractivity contribution < 1.29 is 23.1 Å². The second kappa shape index (κ2) is 13.6. The van der Waals surface area contributed by atoms with E-state index in [0.29, 0.717) is 31.9 Å². The van der Waals surface area contributed by atoms with E-state index in [-0.39, 0.29) is 37.4 Å². The molecule has 0 spiro atoms. The summed E-state index contributed by atoms with van der Waals surface area (Å²) >= 11 is 0. The summed E-state index contributed by atoms with van der Waals surface area (Å²) in [5, 5.41) is 2.99. The van der Waals surface area contributed by atoms with Gasteiger partial charge in [-0.25, -0.2) is 9.18 Å². The fourth-order valence-corrected chi connectivity index (χ4v) is 4.02. The number of hydrogen-bond donors (Lipinski definition) is 1. The number of urea groups is 1. The van der Waals surface area contributed by atoms with Crippen molar-refractivity contribution in [2.24, 2.45) is 0 Å². The van der Waals surface area contributed by atoms with E-state index < -0.39 is 0 Å². The summed E-state index contributed by atoms with van der Waals surface area (Å²) in [6.07, 6.45) is 0.594. The number of anilines is 1. The maximum Gasteiger partial charge on any atom is 0.322 e. The monoisotopic (exact) mass is 509 g/mol. The van der Waals surface area contributed by atoms with Crippen LogP contribution in [0.5, 0.6) is 0 Å². The van der Waals surface area contributed by atoms with E-state index in [1.165, 1.54) is 17.0 Å². The maximum atomic E-state index is 13.6. The molecule has 0 saturated carbocycles. The van der Waals surface area contributed by atoms with Gasteiger partial charge in [0.25, 0.3) is 0 Å². The molecule has 0 aliphatic rings. The predicted molar refractivity (Wildman–Crippen MR) is 142 cm³/mol. The third-order valence-corrected chi connectivity index (χ3v) is 6.03. The number of carbonyl (C=O) groups excluding carboxylic acids is 2. The lowest BCUT2D eigenvalue weighted by Gasteiger charge is -2.28. The van der Waals surface area contributed by atoms with Crippen molar-refractivity contribution in [1.29, 1.82) is 0 Å². The van der Waals surface area contributed by atoms with Gasteiger partial charge in [0.15, 0.2) is 0 Å². The summed E-state index contributed by atoms with van der Waals surface area (Å²) in [5.74, 6) is 0.795. The first kappa shape index (κ1) is 27.9. The van der Waals surface area contributed by atoms with Crippen LogP contribution in [0.1, 0.15) is 41.6 Å². The second-order valence-corrected chi connectivity index (χ2v) is 9.06. The van der Waals surface area contributed by atoms with Crippen LogP contribution in [0.4, 0.5) is 14.9 Å². The summed E-state index contributed by atoms with van der Waals surface area (Å²) in [7, 11) is 0. The normalized spacial score (nSPS) is 10.8. The molecule has 198 valence electrons. The van der Waals surface area contributed by atoms with E-state index in [2.05, 4.69) is 5.32 Å². The largest absolute Gasteiger partial charge is 0.464 e. The number of carbonyl (C=O) groups is 2. The first-order valence-corrected chi connectivity index (χ1v) is 12.5. The Labute approximate surface area is 218 Å². The molecule has 37 heavy (non-hydrogen) atoms. The molecule has 0 radical (unpaired) electrons. The van der Waals surface area contributed by atoms with Crippen LogP contribution in [-0.4, -0.2) is 48.0 Å². The van der Waals surface area contributed by atoms with Crippen LogP contribution in [-0.2, 0) is 22.6 Å². The summed E-state index contributed by atoms with van der Waals surface area (Å²) < 4.78 is 24.6. The highest BCUT2D eigenvalue weighted by Crippen LogP contribution is 2.20. The smallest absolute Gasteiger partial charge is 0.322 e. The van der Waals surface area contributed by atoms with Crippen molar-refractivity contribution in [2.45, 2.75) is 47.2 Å². The van der Waals surface area contributed by atoms with Gasteiger partial charge in [-0.15, -0.1) is 0 Å². The lowest BCUT2D eigenvalue weighted by atomic mass is 10.1. The van der Waals surface area contributed by atoms with Gasteiger partial charge in [0.05, 0.1) is 6.54 Å². The number of aryl methyl sites for hydroxylation is 3. The van der Waals surface area contributed by atoms with Crippen LogP contribution in [0.3, 0.4) is 0 Å². The summed E-state index contributed by atoms with van der Waals surface area (Å²) in [4.78, 5) is 30.0. The van der Waals surface area contributed by atoms with Crippen LogP contribution in [0, 0.1) is 26.6 Å². The Balaban J connectivity index is 1.79. The molecule has 1 heterocycles. The molecule has 0 saturated heterocycles. The summed E-state index contributed by atoms with van der Waals surface area (Å²) in [6, 6.07) is 15.2. The molecular formula is C29H36FN3O4. The van der Waals surface area contributed by atoms with E-state index in [0.717, 1.165) is 28.1 Å². The molecule has 3 rings (SSSR count). The van der Waals surface area contributed by atoms with Crippen molar-refractivity contribution >= 4 is 17.6 Å². The number of nitrogens with one attached hydrogen (secondary N) is 1. The number of benzene rings is 2. The number of furan rings is 1. The van der Waals surface area contributed by atoms with E-state index in [9.17, 15) is 14.0 Å². The van der Waals surface area contributed by atoms with Crippen LogP contribution in [0.15, 0.2) is 59.0 Å².